The summed E-state index contributed by atoms with van der Waals surface area (Å²) in [6.07, 6.45) is 2.45. The topological polar surface area (TPSA) is 75.0 Å². The number of nitriles is 1. The van der Waals surface area contributed by atoms with Gasteiger partial charge in [0.1, 0.15) is 23.4 Å². The molecule has 2 atom stereocenters. The average molecular weight is 429 g/mol. The first-order valence-corrected chi connectivity index (χ1v) is 10.2. The van der Waals surface area contributed by atoms with Gasteiger partial charge in [-0.1, -0.05) is 18.2 Å². The van der Waals surface area contributed by atoms with Crippen molar-refractivity contribution < 1.29 is 18.3 Å². The smallest absolute Gasteiger partial charge is 0.254 e. The molecular weight excluding hydrogens is 412 g/mol. The summed E-state index contributed by atoms with van der Waals surface area (Å²) in [5.41, 5.74) is 2.72. The third-order valence-electron chi connectivity index (χ3n) is 5.77. The van der Waals surface area contributed by atoms with Crippen molar-refractivity contribution in [3.8, 4) is 17.2 Å². The molecule has 3 heterocycles. The Morgan fingerprint density at radius 3 is 2.59 bits per heavy atom. The van der Waals surface area contributed by atoms with Gasteiger partial charge in [0, 0.05) is 23.0 Å². The van der Waals surface area contributed by atoms with Crippen molar-refractivity contribution in [1.82, 2.24) is 4.98 Å². The zero-order valence-corrected chi connectivity index (χ0v) is 16.8. The van der Waals surface area contributed by atoms with Gasteiger partial charge in [-0.2, -0.15) is 5.26 Å². The predicted octanol–water partition coefficient (Wildman–Crippen LogP) is 4.85. The van der Waals surface area contributed by atoms with E-state index in [1.54, 1.807) is 18.2 Å². The van der Waals surface area contributed by atoms with E-state index < -0.39 is 11.6 Å². The third-order valence-corrected chi connectivity index (χ3v) is 5.77. The van der Waals surface area contributed by atoms with Crippen molar-refractivity contribution in [2.24, 2.45) is 0 Å². The molecule has 2 aliphatic heterocycles. The Morgan fingerprint density at radius 2 is 1.81 bits per heavy atom. The molecule has 5 nitrogen and oxygen atoms in total. The number of halogens is 2. The Labute approximate surface area is 183 Å². The summed E-state index contributed by atoms with van der Waals surface area (Å²) in [5.74, 6) is -1.55. The maximum Gasteiger partial charge on any atom is 0.254 e. The molecule has 1 saturated heterocycles. The van der Waals surface area contributed by atoms with Crippen LogP contribution < -0.4 is 5.32 Å². The van der Waals surface area contributed by atoms with E-state index >= 15 is 0 Å². The summed E-state index contributed by atoms with van der Waals surface area (Å²) in [7, 11) is 0. The summed E-state index contributed by atoms with van der Waals surface area (Å²) in [6.45, 7) is 0. The molecule has 1 unspecified atom stereocenters. The van der Waals surface area contributed by atoms with Crippen LogP contribution in [0.15, 0.2) is 66.4 Å². The molecule has 0 radical (unpaired) electrons. The van der Waals surface area contributed by atoms with Crippen molar-refractivity contribution in [2.75, 3.05) is 5.32 Å². The summed E-state index contributed by atoms with van der Waals surface area (Å²) in [5, 5.41) is 11.9. The molecule has 32 heavy (non-hydrogen) atoms. The van der Waals surface area contributed by atoms with Gasteiger partial charge >= 0.3 is 0 Å². The van der Waals surface area contributed by atoms with Crippen LogP contribution >= 0.6 is 0 Å². The highest BCUT2D eigenvalue weighted by Gasteiger charge is 2.43. The van der Waals surface area contributed by atoms with Crippen LogP contribution in [-0.2, 0) is 9.53 Å². The van der Waals surface area contributed by atoms with Crippen LogP contribution in [0.25, 0.3) is 16.7 Å². The first-order valence-electron chi connectivity index (χ1n) is 10.2. The number of nitrogens with one attached hydrogen (secondary N) is 1. The molecular formula is C25H17F2N3O2. The lowest BCUT2D eigenvalue weighted by atomic mass is 9.87. The number of ether oxygens (including phenoxy) is 1. The first kappa shape index (κ1) is 20.0. The standard InChI is InChI=1S/C25H17F2N3O2/c26-19-4-2-1-3-17(19)18-6-5-15(12-20(18)27)30-25(31)24-22-8-7-21(32-22)23(24)14-9-10-29-16(11-14)13-28/h1-6,9-12,21-22H,7-8H2,(H,30,31)/t21-,22?/m0/s1. The lowest BCUT2D eigenvalue weighted by molar-refractivity contribution is -0.113. The van der Waals surface area contributed by atoms with Crippen molar-refractivity contribution in [3.63, 3.8) is 0 Å². The van der Waals surface area contributed by atoms with Gasteiger partial charge in [-0.05, 0) is 60.4 Å². The summed E-state index contributed by atoms with van der Waals surface area (Å²) in [4.78, 5) is 17.1. The van der Waals surface area contributed by atoms with Crippen molar-refractivity contribution in [3.05, 3.63) is 89.3 Å². The van der Waals surface area contributed by atoms with Gasteiger partial charge in [-0.15, -0.1) is 0 Å². The van der Waals surface area contributed by atoms with Crippen LogP contribution in [0.2, 0.25) is 0 Å². The molecule has 2 bridgehead atoms. The number of amides is 1. The second-order valence-corrected chi connectivity index (χ2v) is 7.69. The van der Waals surface area contributed by atoms with E-state index in [-0.39, 0.29) is 40.6 Å². The van der Waals surface area contributed by atoms with E-state index in [4.69, 9.17) is 10.00 Å². The molecule has 0 spiro atoms. The molecule has 2 aliphatic rings. The second-order valence-electron chi connectivity index (χ2n) is 7.69. The Morgan fingerprint density at radius 1 is 1.03 bits per heavy atom. The van der Waals surface area contributed by atoms with E-state index in [1.165, 1.54) is 42.6 Å². The minimum Gasteiger partial charge on any atom is -0.365 e. The summed E-state index contributed by atoms with van der Waals surface area (Å²) >= 11 is 0. The Bertz CT molecular complexity index is 1310. The largest absolute Gasteiger partial charge is 0.365 e. The minimum atomic E-state index is -0.640. The van der Waals surface area contributed by atoms with E-state index in [0.29, 0.717) is 12.0 Å². The van der Waals surface area contributed by atoms with E-state index in [1.807, 2.05) is 6.07 Å². The number of fused-ring (bicyclic) bond motifs is 2. The van der Waals surface area contributed by atoms with Crippen molar-refractivity contribution in [1.29, 1.82) is 5.26 Å². The van der Waals surface area contributed by atoms with Crippen LogP contribution in [0, 0.1) is 23.0 Å². The molecule has 3 aromatic rings. The number of pyridine rings is 1. The van der Waals surface area contributed by atoms with Crippen LogP contribution in [0.5, 0.6) is 0 Å². The van der Waals surface area contributed by atoms with Crippen LogP contribution in [0.4, 0.5) is 14.5 Å². The maximum absolute atomic E-state index is 14.7. The van der Waals surface area contributed by atoms with Gasteiger partial charge < -0.3 is 10.1 Å². The van der Waals surface area contributed by atoms with Crippen LogP contribution in [0.1, 0.15) is 24.1 Å². The fraction of sp³-hybridized carbons (Fsp3) is 0.160. The molecule has 5 rings (SSSR count). The SMILES string of the molecule is N#Cc1cc(C2=C(C(=O)Nc3ccc(-c4ccccc4F)c(F)c3)C3CC[C@@H]2O3)ccn1. The highest BCUT2D eigenvalue weighted by molar-refractivity contribution is 6.11. The van der Waals surface area contributed by atoms with E-state index in [2.05, 4.69) is 10.3 Å². The number of aromatic nitrogens is 1. The number of nitrogens with zero attached hydrogens (tertiary/aromatic N) is 2. The average Bonchev–Trinajstić information content (AvgIpc) is 3.42. The van der Waals surface area contributed by atoms with Crippen LogP contribution in [0.3, 0.4) is 0 Å². The molecule has 158 valence electrons. The fourth-order valence-corrected chi connectivity index (χ4v) is 4.37. The number of anilines is 1. The molecule has 1 fully saturated rings. The quantitative estimate of drug-likeness (QED) is 0.643. The number of hydrogen-bond acceptors (Lipinski definition) is 4. The Kier molecular flexibility index (Phi) is 5.00. The van der Waals surface area contributed by atoms with Gasteiger partial charge in [-0.3, -0.25) is 4.79 Å². The van der Waals surface area contributed by atoms with E-state index in [0.717, 1.165) is 17.6 Å². The highest BCUT2D eigenvalue weighted by atomic mass is 19.1. The lowest BCUT2D eigenvalue weighted by Gasteiger charge is -2.17. The number of carbonyl (C=O) groups is 1. The minimum absolute atomic E-state index is 0.116. The number of carbonyl (C=O) groups excluding carboxylic acids is 1. The Balaban J connectivity index is 1.46. The first-order chi connectivity index (χ1) is 15.5. The van der Waals surface area contributed by atoms with E-state index in [9.17, 15) is 13.6 Å². The molecule has 7 heteroatoms. The fourth-order valence-electron chi connectivity index (χ4n) is 4.37. The summed E-state index contributed by atoms with van der Waals surface area (Å²) < 4.78 is 34.7. The third kappa shape index (κ3) is 3.45. The van der Waals surface area contributed by atoms with Gasteiger partial charge in [0.25, 0.3) is 5.91 Å². The number of benzene rings is 2. The lowest BCUT2D eigenvalue weighted by Crippen LogP contribution is -2.23. The maximum atomic E-state index is 14.7. The zero-order valence-electron chi connectivity index (χ0n) is 16.8. The zero-order chi connectivity index (χ0) is 22.2. The molecule has 1 N–H and O–H groups in total. The molecule has 1 amide bonds. The van der Waals surface area contributed by atoms with Crippen LogP contribution in [-0.4, -0.2) is 23.1 Å². The number of rotatable bonds is 4. The second kappa shape index (κ2) is 7.98. The molecule has 0 aliphatic carbocycles. The monoisotopic (exact) mass is 429 g/mol. The predicted molar refractivity (Wildman–Crippen MR) is 114 cm³/mol. The number of hydrogen-bond donors (Lipinski definition) is 1. The Hall–Kier alpha value is -3.89. The van der Waals surface area contributed by atoms with Gasteiger partial charge in [0.2, 0.25) is 0 Å². The highest BCUT2D eigenvalue weighted by Crippen LogP contribution is 2.44. The molecule has 2 aromatic carbocycles. The van der Waals surface area contributed by atoms with Gasteiger partial charge in [0.15, 0.2) is 0 Å². The van der Waals surface area contributed by atoms with Gasteiger partial charge in [0.05, 0.1) is 17.8 Å². The van der Waals surface area contributed by atoms with Gasteiger partial charge in [-0.25, -0.2) is 13.8 Å². The van der Waals surface area contributed by atoms with Crippen molar-refractivity contribution in [2.45, 2.75) is 25.0 Å². The van der Waals surface area contributed by atoms with Crippen molar-refractivity contribution >= 4 is 17.2 Å². The summed E-state index contributed by atoms with van der Waals surface area (Å²) in [6, 6.07) is 15.5. The normalized spacial score (nSPS) is 19.2. The molecule has 0 saturated carbocycles. The molecule has 1 aromatic heterocycles.